The Morgan fingerprint density at radius 3 is 2.70 bits per heavy atom. The summed E-state index contributed by atoms with van der Waals surface area (Å²) in [5.41, 5.74) is 1.66. The largest absolute Gasteiger partial charge is 0.508 e. The summed E-state index contributed by atoms with van der Waals surface area (Å²) in [4.78, 5) is 12.0. The zero-order chi connectivity index (χ0) is 14.5. The van der Waals surface area contributed by atoms with E-state index >= 15 is 0 Å². The minimum Gasteiger partial charge on any atom is -0.508 e. The van der Waals surface area contributed by atoms with Gasteiger partial charge in [0.2, 0.25) is 5.91 Å². The molecular formula is C16H16ClNO2. The fraction of sp³-hybridized carbons (Fsp3) is 0.188. The zero-order valence-electron chi connectivity index (χ0n) is 11.1. The van der Waals surface area contributed by atoms with Crippen LogP contribution >= 0.6 is 11.6 Å². The van der Waals surface area contributed by atoms with E-state index in [9.17, 15) is 9.90 Å². The molecule has 0 aliphatic carbocycles. The molecule has 1 unspecified atom stereocenters. The van der Waals surface area contributed by atoms with Crippen LogP contribution in [0.5, 0.6) is 5.75 Å². The van der Waals surface area contributed by atoms with E-state index in [0.717, 1.165) is 11.1 Å². The normalized spacial score (nSPS) is 11.9. The highest BCUT2D eigenvalue weighted by Crippen LogP contribution is 2.22. The number of hydrogen-bond acceptors (Lipinski definition) is 2. The van der Waals surface area contributed by atoms with E-state index in [0.29, 0.717) is 5.02 Å². The summed E-state index contributed by atoms with van der Waals surface area (Å²) < 4.78 is 0. The molecule has 0 aliphatic heterocycles. The summed E-state index contributed by atoms with van der Waals surface area (Å²) in [6.07, 6.45) is 0.225. The van der Waals surface area contributed by atoms with Crippen molar-refractivity contribution in [3.05, 3.63) is 64.7 Å². The Morgan fingerprint density at radius 1 is 1.25 bits per heavy atom. The molecule has 2 aromatic rings. The average molecular weight is 290 g/mol. The van der Waals surface area contributed by atoms with E-state index in [1.807, 2.05) is 25.1 Å². The Balaban J connectivity index is 2.00. The van der Waals surface area contributed by atoms with E-state index in [-0.39, 0.29) is 24.1 Å². The maximum Gasteiger partial charge on any atom is 0.224 e. The number of phenols is 1. The van der Waals surface area contributed by atoms with Gasteiger partial charge in [-0.3, -0.25) is 4.79 Å². The monoisotopic (exact) mass is 289 g/mol. The second kappa shape index (κ2) is 6.44. The molecule has 0 spiro atoms. The maximum atomic E-state index is 12.0. The van der Waals surface area contributed by atoms with Gasteiger partial charge >= 0.3 is 0 Å². The van der Waals surface area contributed by atoms with Crippen LogP contribution in [0.4, 0.5) is 0 Å². The quantitative estimate of drug-likeness (QED) is 0.905. The van der Waals surface area contributed by atoms with E-state index in [4.69, 9.17) is 11.6 Å². The maximum absolute atomic E-state index is 12.0. The van der Waals surface area contributed by atoms with Crippen molar-refractivity contribution in [1.29, 1.82) is 0 Å². The molecule has 104 valence electrons. The summed E-state index contributed by atoms with van der Waals surface area (Å²) in [6, 6.07) is 14.0. The Labute approximate surface area is 123 Å². The minimum absolute atomic E-state index is 0.108. The summed E-state index contributed by atoms with van der Waals surface area (Å²) in [7, 11) is 0. The number of aromatic hydroxyl groups is 1. The molecule has 20 heavy (non-hydrogen) atoms. The molecule has 3 nitrogen and oxygen atoms in total. The van der Waals surface area contributed by atoms with E-state index < -0.39 is 0 Å². The van der Waals surface area contributed by atoms with Crippen LogP contribution in [0.2, 0.25) is 5.02 Å². The van der Waals surface area contributed by atoms with Gasteiger partial charge in [0.15, 0.2) is 0 Å². The van der Waals surface area contributed by atoms with E-state index in [1.165, 1.54) is 0 Å². The van der Waals surface area contributed by atoms with Crippen LogP contribution in [0.1, 0.15) is 24.1 Å². The molecule has 2 aromatic carbocycles. The van der Waals surface area contributed by atoms with Gasteiger partial charge in [-0.15, -0.1) is 0 Å². The number of carbonyl (C=O) groups is 1. The standard InChI is InChI=1S/C16H16ClNO2/c1-11(14-7-2-3-8-15(14)17)18-16(20)10-12-5-4-6-13(19)9-12/h2-9,11,19H,10H2,1H3,(H,18,20). The molecule has 4 heteroatoms. The molecular weight excluding hydrogens is 274 g/mol. The fourth-order valence-electron chi connectivity index (χ4n) is 2.05. The molecule has 0 aromatic heterocycles. The van der Waals surface area contributed by atoms with Crippen LogP contribution in [0.15, 0.2) is 48.5 Å². The Morgan fingerprint density at radius 2 is 2.00 bits per heavy atom. The summed E-state index contributed by atoms with van der Waals surface area (Å²) in [6.45, 7) is 1.89. The first-order valence-corrected chi connectivity index (χ1v) is 6.76. The van der Waals surface area contributed by atoms with Crippen LogP contribution in [-0.4, -0.2) is 11.0 Å². The highest BCUT2D eigenvalue weighted by molar-refractivity contribution is 6.31. The van der Waals surface area contributed by atoms with Gasteiger partial charge in [-0.1, -0.05) is 41.9 Å². The third-order valence-corrected chi connectivity index (χ3v) is 3.37. The number of rotatable bonds is 4. The molecule has 0 bridgehead atoms. The summed E-state index contributed by atoms with van der Waals surface area (Å²) in [5, 5.41) is 12.9. The van der Waals surface area contributed by atoms with Crippen LogP contribution in [0.25, 0.3) is 0 Å². The van der Waals surface area contributed by atoms with Crippen LogP contribution < -0.4 is 5.32 Å². The molecule has 0 fully saturated rings. The third-order valence-electron chi connectivity index (χ3n) is 3.02. The molecule has 0 aliphatic rings. The van der Waals surface area contributed by atoms with Gasteiger partial charge in [-0.05, 0) is 36.2 Å². The van der Waals surface area contributed by atoms with Crippen LogP contribution in [-0.2, 0) is 11.2 Å². The lowest BCUT2D eigenvalue weighted by Gasteiger charge is -2.15. The van der Waals surface area contributed by atoms with Crippen LogP contribution in [0, 0.1) is 0 Å². The number of nitrogens with one attached hydrogen (secondary N) is 1. The van der Waals surface area contributed by atoms with Gasteiger partial charge < -0.3 is 10.4 Å². The predicted octanol–water partition coefficient (Wildman–Crippen LogP) is 3.47. The smallest absolute Gasteiger partial charge is 0.224 e. The van der Waals surface area contributed by atoms with Gasteiger partial charge in [0.25, 0.3) is 0 Å². The van der Waals surface area contributed by atoms with Crippen LogP contribution in [0.3, 0.4) is 0 Å². The topological polar surface area (TPSA) is 49.3 Å². The molecule has 0 saturated heterocycles. The van der Waals surface area contributed by atoms with Gasteiger partial charge in [0.05, 0.1) is 12.5 Å². The lowest BCUT2D eigenvalue weighted by Crippen LogP contribution is -2.28. The summed E-state index contributed by atoms with van der Waals surface area (Å²) >= 11 is 6.10. The minimum atomic E-state index is -0.159. The first-order chi connectivity index (χ1) is 9.56. The second-order valence-electron chi connectivity index (χ2n) is 4.66. The average Bonchev–Trinajstić information content (AvgIpc) is 2.38. The molecule has 0 saturated carbocycles. The van der Waals surface area contributed by atoms with Crippen molar-refractivity contribution in [3.8, 4) is 5.75 Å². The van der Waals surface area contributed by atoms with Gasteiger partial charge in [0.1, 0.15) is 5.75 Å². The van der Waals surface area contributed by atoms with E-state index in [1.54, 1.807) is 30.3 Å². The van der Waals surface area contributed by atoms with Gasteiger partial charge in [-0.25, -0.2) is 0 Å². The first kappa shape index (κ1) is 14.4. The molecule has 0 heterocycles. The van der Waals surface area contributed by atoms with Crippen molar-refractivity contribution in [2.45, 2.75) is 19.4 Å². The van der Waals surface area contributed by atoms with Crippen molar-refractivity contribution in [3.63, 3.8) is 0 Å². The molecule has 2 rings (SSSR count). The number of hydrogen-bond donors (Lipinski definition) is 2. The molecule has 1 amide bonds. The number of carbonyl (C=O) groups excluding carboxylic acids is 1. The number of benzene rings is 2. The Kier molecular flexibility index (Phi) is 4.64. The number of phenolic OH excluding ortho intramolecular Hbond substituents is 1. The third kappa shape index (κ3) is 3.75. The van der Waals surface area contributed by atoms with E-state index in [2.05, 4.69) is 5.32 Å². The number of amides is 1. The summed E-state index contributed by atoms with van der Waals surface area (Å²) in [5.74, 6) is 0.0532. The van der Waals surface area contributed by atoms with Crippen molar-refractivity contribution < 1.29 is 9.90 Å². The fourth-order valence-corrected chi connectivity index (χ4v) is 2.35. The highest BCUT2D eigenvalue weighted by Gasteiger charge is 2.12. The lowest BCUT2D eigenvalue weighted by molar-refractivity contribution is -0.121. The lowest BCUT2D eigenvalue weighted by atomic mass is 10.1. The molecule has 2 N–H and O–H groups in total. The van der Waals surface area contributed by atoms with Crippen molar-refractivity contribution in [2.75, 3.05) is 0 Å². The Bertz CT molecular complexity index is 613. The Hall–Kier alpha value is -2.00. The van der Waals surface area contributed by atoms with Crippen molar-refractivity contribution >= 4 is 17.5 Å². The molecule has 1 atom stereocenters. The van der Waals surface area contributed by atoms with Gasteiger partial charge in [0, 0.05) is 5.02 Å². The molecule has 0 radical (unpaired) electrons. The zero-order valence-corrected chi connectivity index (χ0v) is 11.9. The van der Waals surface area contributed by atoms with Gasteiger partial charge in [-0.2, -0.15) is 0 Å². The van der Waals surface area contributed by atoms with Crippen molar-refractivity contribution in [1.82, 2.24) is 5.32 Å². The first-order valence-electron chi connectivity index (χ1n) is 6.38. The number of halogens is 1. The predicted molar refractivity (Wildman–Crippen MR) is 79.8 cm³/mol. The highest BCUT2D eigenvalue weighted by atomic mass is 35.5. The van der Waals surface area contributed by atoms with Crippen molar-refractivity contribution in [2.24, 2.45) is 0 Å². The SMILES string of the molecule is CC(NC(=O)Cc1cccc(O)c1)c1ccccc1Cl. The second-order valence-corrected chi connectivity index (χ2v) is 5.06.